The van der Waals surface area contributed by atoms with Gasteiger partial charge in [0.25, 0.3) is 11.5 Å². The second-order valence-corrected chi connectivity index (χ2v) is 7.07. The van der Waals surface area contributed by atoms with E-state index in [9.17, 15) is 27.6 Å². The Labute approximate surface area is 195 Å². The highest BCUT2D eigenvalue weighted by atomic mass is 35.5. The molecule has 0 atom stereocenters. The molecular weight excluding hydrogens is 479 g/mol. The fourth-order valence-corrected chi connectivity index (χ4v) is 3.07. The molecule has 0 unspecified atom stereocenters. The van der Waals surface area contributed by atoms with Gasteiger partial charge in [0.2, 0.25) is 5.69 Å². The first-order valence-corrected chi connectivity index (χ1v) is 10.1. The monoisotopic (exact) mass is 495 g/mol. The number of hydrogen-bond donors (Lipinski definition) is 1. The molecule has 1 N–H and O–H groups in total. The number of anilines is 1. The number of carbonyl (C=O) groups excluding carboxylic acids is 2. The standard InChI is InChI=1S/C22H17ClF3N3O5/c1-2-33-21(32)20-17(11-19(31)29(28-20)16-10-6-4-8-14(16)23)34-12-18(30)27-15-9-5-3-7-13(15)22(24,25)26/h3-11H,2,12H2,1H3,(H,27,30). The van der Waals surface area contributed by atoms with E-state index in [1.807, 2.05) is 0 Å². The number of carbonyl (C=O) groups is 2. The smallest absolute Gasteiger partial charge is 0.418 e. The van der Waals surface area contributed by atoms with Crippen molar-refractivity contribution in [1.82, 2.24) is 9.78 Å². The van der Waals surface area contributed by atoms with Crippen molar-refractivity contribution in [2.75, 3.05) is 18.5 Å². The molecule has 0 saturated heterocycles. The van der Waals surface area contributed by atoms with Gasteiger partial charge in [0.05, 0.1) is 34.6 Å². The first-order chi connectivity index (χ1) is 16.1. The molecule has 1 aromatic heterocycles. The van der Waals surface area contributed by atoms with E-state index in [0.717, 1.165) is 22.9 Å². The summed E-state index contributed by atoms with van der Waals surface area (Å²) >= 11 is 6.11. The lowest BCUT2D eigenvalue weighted by Crippen LogP contribution is -2.27. The molecule has 3 rings (SSSR count). The van der Waals surface area contributed by atoms with Gasteiger partial charge in [0.1, 0.15) is 0 Å². The Morgan fingerprint density at radius 3 is 2.47 bits per heavy atom. The van der Waals surface area contributed by atoms with Gasteiger partial charge in [-0.15, -0.1) is 0 Å². The van der Waals surface area contributed by atoms with Crippen LogP contribution in [-0.4, -0.2) is 34.9 Å². The van der Waals surface area contributed by atoms with Crippen LogP contribution >= 0.6 is 11.6 Å². The van der Waals surface area contributed by atoms with E-state index in [0.29, 0.717) is 0 Å². The molecule has 0 saturated carbocycles. The third-order valence-electron chi connectivity index (χ3n) is 4.31. The summed E-state index contributed by atoms with van der Waals surface area (Å²) in [5.74, 6) is -2.28. The first kappa shape index (κ1) is 24.8. The van der Waals surface area contributed by atoms with E-state index in [4.69, 9.17) is 21.1 Å². The van der Waals surface area contributed by atoms with Crippen LogP contribution in [0.15, 0.2) is 59.4 Å². The normalized spacial score (nSPS) is 11.1. The van der Waals surface area contributed by atoms with Crippen LogP contribution in [0, 0.1) is 0 Å². The molecule has 2 aromatic carbocycles. The molecule has 0 bridgehead atoms. The third-order valence-corrected chi connectivity index (χ3v) is 4.63. The van der Waals surface area contributed by atoms with Gasteiger partial charge in [-0.2, -0.15) is 23.0 Å². The Kier molecular flexibility index (Phi) is 7.57. The lowest BCUT2D eigenvalue weighted by Gasteiger charge is -2.15. The van der Waals surface area contributed by atoms with Crippen LogP contribution < -0.4 is 15.6 Å². The van der Waals surface area contributed by atoms with Crippen molar-refractivity contribution in [2.24, 2.45) is 0 Å². The molecule has 8 nitrogen and oxygen atoms in total. The predicted octanol–water partition coefficient (Wildman–Crippen LogP) is 4.10. The van der Waals surface area contributed by atoms with Gasteiger partial charge >= 0.3 is 12.1 Å². The van der Waals surface area contributed by atoms with Crippen LogP contribution in [0.25, 0.3) is 5.69 Å². The van der Waals surface area contributed by atoms with Crippen molar-refractivity contribution in [2.45, 2.75) is 13.1 Å². The number of alkyl halides is 3. The molecule has 0 fully saturated rings. The Morgan fingerprint density at radius 1 is 1.12 bits per heavy atom. The number of esters is 1. The quantitative estimate of drug-likeness (QED) is 0.495. The van der Waals surface area contributed by atoms with E-state index in [2.05, 4.69) is 10.4 Å². The Morgan fingerprint density at radius 2 is 1.79 bits per heavy atom. The van der Waals surface area contributed by atoms with E-state index in [-0.39, 0.29) is 23.1 Å². The van der Waals surface area contributed by atoms with Crippen molar-refractivity contribution < 1.29 is 32.2 Å². The fraction of sp³-hybridized carbons (Fsp3) is 0.182. The van der Waals surface area contributed by atoms with Crippen LogP contribution in [0.5, 0.6) is 5.75 Å². The molecule has 1 heterocycles. The van der Waals surface area contributed by atoms with Crippen molar-refractivity contribution in [3.05, 3.63) is 81.2 Å². The van der Waals surface area contributed by atoms with Crippen LogP contribution in [0.3, 0.4) is 0 Å². The maximum absolute atomic E-state index is 13.1. The molecule has 34 heavy (non-hydrogen) atoms. The molecule has 0 radical (unpaired) electrons. The second-order valence-electron chi connectivity index (χ2n) is 6.66. The Hall–Kier alpha value is -3.86. The Bertz CT molecular complexity index is 1280. The van der Waals surface area contributed by atoms with Crippen LogP contribution in [0.4, 0.5) is 18.9 Å². The minimum Gasteiger partial charge on any atom is -0.481 e. The number of ether oxygens (including phenoxy) is 2. The van der Waals surface area contributed by atoms with Crippen molar-refractivity contribution >= 4 is 29.2 Å². The zero-order valence-corrected chi connectivity index (χ0v) is 18.3. The molecule has 0 spiro atoms. The van der Waals surface area contributed by atoms with Gasteiger partial charge < -0.3 is 14.8 Å². The van der Waals surface area contributed by atoms with Crippen molar-refractivity contribution in [1.29, 1.82) is 0 Å². The highest BCUT2D eigenvalue weighted by Gasteiger charge is 2.33. The van der Waals surface area contributed by atoms with Gasteiger partial charge in [-0.3, -0.25) is 9.59 Å². The lowest BCUT2D eigenvalue weighted by atomic mass is 10.1. The van der Waals surface area contributed by atoms with Crippen LogP contribution in [0.2, 0.25) is 5.02 Å². The molecule has 3 aromatic rings. The number of hydrogen-bond acceptors (Lipinski definition) is 6. The molecule has 12 heteroatoms. The molecule has 0 aliphatic heterocycles. The average molecular weight is 496 g/mol. The van der Waals surface area contributed by atoms with Crippen LogP contribution in [0.1, 0.15) is 23.0 Å². The summed E-state index contributed by atoms with van der Waals surface area (Å²) in [4.78, 5) is 37.2. The van der Waals surface area contributed by atoms with E-state index in [1.165, 1.54) is 24.3 Å². The largest absolute Gasteiger partial charge is 0.481 e. The Balaban J connectivity index is 1.88. The summed E-state index contributed by atoms with van der Waals surface area (Å²) in [6.45, 7) is 0.726. The number of rotatable bonds is 7. The van der Waals surface area contributed by atoms with Gasteiger partial charge in [-0.05, 0) is 31.2 Å². The van der Waals surface area contributed by atoms with E-state index in [1.54, 1.807) is 19.1 Å². The SMILES string of the molecule is CCOC(=O)c1nn(-c2ccccc2Cl)c(=O)cc1OCC(=O)Nc1ccccc1C(F)(F)F. The lowest BCUT2D eigenvalue weighted by molar-refractivity contribution is -0.137. The maximum atomic E-state index is 13.1. The number of nitrogens with one attached hydrogen (secondary N) is 1. The average Bonchev–Trinajstić information content (AvgIpc) is 2.78. The summed E-state index contributed by atoms with van der Waals surface area (Å²) in [7, 11) is 0. The van der Waals surface area contributed by atoms with Crippen molar-refractivity contribution in [3.8, 4) is 11.4 Å². The number of halogens is 4. The third kappa shape index (κ3) is 5.73. The van der Waals surface area contributed by atoms with Gasteiger partial charge in [-0.1, -0.05) is 35.9 Å². The number of nitrogens with zero attached hydrogens (tertiary/aromatic N) is 2. The second kappa shape index (κ2) is 10.4. The highest BCUT2D eigenvalue weighted by molar-refractivity contribution is 6.32. The van der Waals surface area contributed by atoms with E-state index < -0.39 is 47.2 Å². The fourth-order valence-electron chi connectivity index (χ4n) is 2.86. The van der Waals surface area contributed by atoms with E-state index >= 15 is 0 Å². The predicted molar refractivity (Wildman–Crippen MR) is 116 cm³/mol. The number of para-hydroxylation sites is 2. The first-order valence-electron chi connectivity index (χ1n) is 9.77. The number of aromatic nitrogens is 2. The summed E-state index contributed by atoms with van der Waals surface area (Å²) in [5.41, 5.74) is -2.49. The molecule has 1 amide bonds. The maximum Gasteiger partial charge on any atom is 0.418 e. The van der Waals surface area contributed by atoms with Crippen LogP contribution in [-0.2, 0) is 15.7 Å². The summed E-state index contributed by atoms with van der Waals surface area (Å²) < 4.78 is 50.4. The molecule has 178 valence electrons. The number of benzene rings is 2. The topological polar surface area (TPSA) is 99.5 Å². The molecule has 0 aliphatic rings. The summed E-state index contributed by atoms with van der Waals surface area (Å²) in [6, 6.07) is 11.6. The van der Waals surface area contributed by atoms with Gasteiger partial charge in [0, 0.05) is 0 Å². The van der Waals surface area contributed by atoms with Crippen molar-refractivity contribution in [3.63, 3.8) is 0 Å². The summed E-state index contributed by atoms with van der Waals surface area (Å²) in [6.07, 6.45) is -4.69. The summed E-state index contributed by atoms with van der Waals surface area (Å²) in [5, 5.41) is 6.25. The van der Waals surface area contributed by atoms with Gasteiger partial charge in [0.15, 0.2) is 12.4 Å². The number of amides is 1. The highest BCUT2D eigenvalue weighted by Crippen LogP contribution is 2.34. The molecule has 0 aliphatic carbocycles. The molecular formula is C22H17ClF3N3O5. The van der Waals surface area contributed by atoms with Gasteiger partial charge in [-0.25, -0.2) is 4.79 Å². The zero-order chi connectivity index (χ0) is 24.9. The minimum absolute atomic E-state index is 0.0140. The zero-order valence-electron chi connectivity index (χ0n) is 17.6. The minimum atomic E-state index is -4.69.